The van der Waals surface area contributed by atoms with Gasteiger partial charge in [-0.05, 0) is 18.2 Å². The van der Waals surface area contributed by atoms with Gasteiger partial charge in [0.2, 0.25) is 0 Å². The lowest BCUT2D eigenvalue weighted by atomic mass is 10.0. The van der Waals surface area contributed by atoms with Crippen molar-refractivity contribution in [1.29, 1.82) is 0 Å². The molecule has 1 heterocycles. The molecular formula is C13H17ClN2O4. The Labute approximate surface area is 122 Å². The van der Waals surface area contributed by atoms with Crippen molar-refractivity contribution in [2.75, 3.05) is 32.2 Å². The Morgan fingerprint density at radius 3 is 3.05 bits per heavy atom. The first kappa shape index (κ1) is 14.9. The lowest BCUT2D eigenvalue weighted by molar-refractivity contribution is 0.0295. The lowest BCUT2D eigenvalue weighted by Gasteiger charge is -2.21. The van der Waals surface area contributed by atoms with Gasteiger partial charge < -0.3 is 25.2 Å². The summed E-state index contributed by atoms with van der Waals surface area (Å²) in [6, 6.07) is 4.48. The molecule has 0 aromatic heterocycles. The van der Waals surface area contributed by atoms with Crippen molar-refractivity contribution in [3.8, 4) is 5.75 Å². The molecule has 110 valence electrons. The SMILES string of the molecule is COc1ccc(Cl)cc1NC(=O)NCC1(O)CCOC1. The largest absolute Gasteiger partial charge is 0.495 e. The molecule has 3 N–H and O–H groups in total. The maximum atomic E-state index is 11.8. The Kier molecular flexibility index (Phi) is 4.69. The van der Waals surface area contributed by atoms with E-state index in [1.165, 1.54) is 7.11 Å². The number of rotatable bonds is 4. The average Bonchev–Trinajstić information content (AvgIpc) is 2.84. The van der Waals surface area contributed by atoms with Gasteiger partial charge >= 0.3 is 6.03 Å². The molecule has 0 saturated carbocycles. The zero-order valence-corrected chi connectivity index (χ0v) is 11.9. The molecular weight excluding hydrogens is 284 g/mol. The van der Waals surface area contributed by atoms with Crippen molar-refractivity contribution in [1.82, 2.24) is 5.32 Å². The second-order valence-electron chi connectivity index (χ2n) is 4.68. The minimum atomic E-state index is -0.990. The number of urea groups is 1. The monoisotopic (exact) mass is 300 g/mol. The molecule has 7 heteroatoms. The van der Waals surface area contributed by atoms with Crippen LogP contribution in [-0.2, 0) is 4.74 Å². The van der Waals surface area contributed by atoms with Crippen LogP contribution in [0.15, 0.2) is 18.2 Å². The van der Waals surface area contributed by atoms with Gasteiger partial charge in [0.05, 0.1) is 25.9 Å². The molecule has 1 fully saturated rings. The summed E-state index contributed by atoms with van der Waals surface area (Å²) < 4.78 is 10.2. The Morgan fingerprint density at radius 2 is 2.40 bits per heavy atom. The zero-order valence-electron chi connectivity index (χ0n) is 11.1. The minimum absolute atomic E-state index is 0.127. The third-order valence-electron chi connectivity index (χ3n) is 3.07. The number of hydrogen-bond acceptors (Lipinski definition) is 4. The molecule has 1 unspecified atom stereocenters. The summed E-state index contributed by atoms with van der Waals surface area (Å²) in [5, 5.41) is 15.8. The highest BCUT2D eigenvalue weighted by atomic mass is 35.5. The number of anilines is 1. The molecule has 1 aromatic carbocycles. The molecule has 1 saturated heterocycles. The standard InChI is InChI=1S/C13H17ClN2O4/c1-19-11-3-2-9(14)6-10(11)16-12(17)15-7-13(18)4-5-20-8-13/h2-3,6,18H,4-5,7-8H2,1H3,(H2,15,16,17). The fraction of sp³-hybridized carbons (Fsp3) is 0.462. The quantitative estimate of drug-likeness (QED) is 0.789. The van der Waals surface area contributed by atoms with E-state index in [2.05, 4.69) is 10.6 Å². The summed E-state index contributed by atoms with van der Waals surface area (Å²) >= 11 is 5.88. The van der Waals surface area contributed by atoms with E-state index in [1.54, 1.807) is 18.2 Å². The lowest BCUT2D eigenvalue weighted by Crippen LogP contribution is -2.44. The molecule has 2 amide bonds. The van der Waals surface area contributed by atoms with Gasteiger partial charge in [0.25, 0.3) is 0 Å². The van der Waals surface area contributed by atoms with Crippen LogP contribution in [0.1, 0.15) is 6.42 Å². The van der Waals surface area contributed by atoms with E-state index in [0.717, 1.165) is 0 Å². The molecule has 1 atom stereocenters. The van der Waals surface area contributed by atoms with Crippen molar-refractivity contribution in [2.24, 2.45) is 0 Å². The van der Waals surface area contributed by atoms with Crippen LogP contribution in [0.25, 0.3) is 0 Å². The third-order valence-corrected chi connectivity index (χ3v) is 3.31. The van der Waals surface area contributed by atoms with E-state index in [9.17, 15) is 9.90 Å². The van der Waals surface area contributed by atoms with Gasteiger partial charge in [0, 0.05) is 18.1 Å². The Balaban J connectivity index is 1.92. The molecule has 1 aliphatic heterocycles. The highest BCUT2D eigenvalue weighted by Gasteiger charge is 2.32. The molecule has 20 heavy (non-hydrogen) atoms. The number of benzene rings is 1. The molecule has 0 aliphatic carbocycles. The molecule has 0 radical (unpaired) electrons. The Bertz CT molecular complexity index is 489. The summed E-state index contributed by atoms with van der Waals surface area (Å²) in [5.41, 5.74) is -0.525. The summed E-state index contributed by atoms with van der Waals surface area (Å²) in [6.07, 6.45) is 0.508. The van der Waals surface area contributed by atoms with Crippen LogP contribution in [0.5, 0.6) is 5.75 Å². The summed E-state index contributed by atoms with van der Waals surface area (Å²) in [5.74, 6) is 0.507. The number of carbonyl (C=O) groups excluding carboxylic acids is 1. The fourth-order valence-electron chi connectivity index (χ4n) is 1.93. The van der Waals surface area contributed by atoms with Gasteiger partial charge in [0.1, 0.15) is 11.4 Å². The molecule has 1 aromatic rings. The van der Waals surface area contributed by atoms with E-state index in [4.69, 9.17) is 21.1 Å². The van der Waals surface area contributed by atoms with Gasteiger partial charge in [-0.25, -0.2) is 4.79 Å². The zero-order chi connectivity index (χ0) is 14.6. The molecule has 1 aliphatic rings. The van der Waals surface area contributed by atoms with Crippen LogP contribution in [0.3, 0.4) is 0 Å². The smallest absolute Gasteiger partial charge is 0.319 e. The first-order chi connectivity index (χ1) is 9.52. The maximum Gasteiger partial charge on any atom is 0.319 e. The van der Waals surface area contributed by atoms with E-state index in [0.29, 0.717) is 29.5 Å². The number of ether oxygens (including phenoxy) is 2. The summed E-state index contributed by atoms with van der Waals surface area (Å²) in [4.78, 5) is 11.8. The van der Waals surface area contributed by atoms with Crippen LogP contribution in [0.4, 0.5) is 10.5 Å². The number of methoxy groups -OCH3 is 1. The van der Waals surface area contributed by atoms with Crippen molar-refractivity contribution in [3.63, 3.8) is 0 Å². The number of amides is 2. The van der Waals surface area contributed by atoms with Crippen molar-refractivity contribution >= 4 is 23.3 Å². The first-order valence-corrected chi connectivity index (χ1v) is 6.59. The Hall–Kier alpha value is -1.50. The fourth-order valence-corrected chi connectivity index (χ4v) is 2.10. The van der Waals surface area contributed by atoms with Crippen LogP contribution in [0, 0.1) is 0 Å². The van der Waals surface area contributed by atoms with Crippen LogP contribution >= 0.6 is 11.6 Å². The highest BCUT2D eigenvalue weighted by molar-refractivity contribution is 6.31. The third kappa shape index (κ3) is 3.75. The van der Waals surface area contributed by atoms with Crippen molar-refractivity contribution in [2.45, 2.75) is 12.0 Å². The van der Waals surface area contributed by atoms with Gasteiger partial charge in [-0.3, -0.25) is 0 Å². The predicted octanol–water partition coefficient (Wildman–Crippen LogP) is 1.62. The number of nitrogens with one attached hydrogen (secondary N) is 2. The van der Waals surface area contributed by atoms with E-state index < -0.39 is 11.6 Å². The number of hydrogen-bond donors (Lipinski definition) is 3. The van der Waals surface area contributed by atoms with E-state index in [1.807, 2.05) is 0 Å². The molecule has 2 rings (SSSR count). The minimum Gasteiger partial charge on any atom is -0.495 e. The van der Waals surface area contributed by atoms with Gasteiger partial charge in [-0.2, -0.15) is 0 Å². The Morgan fingerprint density at radius 1 is 1.60 bits per heavy atom. The summed E-state index contributed by atoms with van der Waals surface area (Å²) in [6.45, 7) is 0.859. The van der Waals surface area contributed by atoms with Gasteiger partial charge in [0.15, 0.2) is 0 Å². The second kappa shape index (κ2) is 6.30. The number of aliphatic hydroxyl groups is 1. The number of halogens is 1. The number of carbonyl (C=O) groups is 1. The van der Waals surface area contributed by atoms with Crippen LogP contribution in [-0.4, -0.2) is 43.6 Å². The topological polar surface area (TPSA) is 79.8 Å². The normalized spacial score (nSPS) is 21.6. The predicted molar refractivity (Wildman–Crippen MR) is 75.4 cm³/mol. The molecule has 6 nitrogen and oxygen atoms in total. The maximum absolute atomic E-state index is 11.8. The van der Waals surface area contributed by atoms with E-state index in [-0.39, 0.29) is 13.2 Å². The average molecular weight is 301 g/mol. The summed E-state index contributed by atoms with van der Waals surface area (Å²) in [7, 11) is 1.50. The van der Waals surface area contributed by atoms with Crippen LogP contribution < -0.4 is 15.4 Å². The molecule has 0 bridgehead atoms. The second-order valence-corrected chi connectivity index (χ2v) is 5.12. The molecule has 0 spiro atoms. The highest BCUT2D eigenvalue weighted by Crippen LogP contribution is 2.27. The van der Waals surface area contributed by atoms with Crippen molar-refractivity contribution in [3.05, 3.63) is 23.2 Å². The van der Waals surface area contributed by atoms with Gasteiger partial charge in [-0.1, -0.05) is 11.6 Å². The van der Waals surface area contributed by atoms with Crippen LogP contribution in [0.2, 0.25) is 5.02 Å². The first-order valence-electron chi connectivity index (χ1n) is 6.21. The van der Waals surface area contributed by atoms with E-state index >= 15 is 0 Å². The van der Waals surface area contributed by atoms with Crippen molar-refractivity contribution < 1.29 is 19.4 Å². The van der Waals surface area contributed by atoms with Gasteiger partial charge in [-0.15, -0.1) is 0 Å².